The quantitative estimate of drug-likeness (QED) is 0.114. The minimum atomic E-state index is -5.05. The molecule has 0 saturated heterocycles. The van der Waals surface area contributed by atoms with Gasteiger partial charge in [-0.2, -0.15) is 52.7 Å². The number of allylic oxidation sites excluding steroid dienone is 1. The van der Waals surface area contributed by atoms with Crippen molar-refractivity contribution in [1.82, 2.24) is 10.6 Å². The van der Waals surface area contributed by atoms with E-state index in [1.54, 1.807) is 43.3 Å². The van der Waals surface area contributed by atoms with E-state index in [1.807, 2.05) is 6.07 Å². The van der Waals surface area contributed by atoms with Crippen LogP contribution >= 0.6 is 0 Å². The minimum absolute atomic E-state index is 0.0139. The van der Waals surface area contributed by atoms with Crippen LogP contribution in [0.25, 0.3) is 12.2 Å². The van der Waals surface area contributed by atoms with Crippen LogP contribution in [0, 0.1) is 0 Å². The molecule has 2 atom stereocenters. The van der Waals surface area contributed by atoms with Crippen molar-refractivity contribution >= 4 is 35.7 Å². The summed E-state index contributed by atoms with van der Waals surface area (Å²) in [7, 11) is 0. The van der Waals surface area contributed by atoms with Crippen LogP contribution < -0.4 is 10.6 Å². The van der Waals surface area contributed by atoms with Crippen molar-refractivity contribution in [3.8, 4) is 0 Å². The second-order valence-electron chi connectivity index (χ2n) is 14.5. The van der Waals surface area contributed by atoms with Crippen molar-refractivity contribution in [2.75, 3.05) is 0 Å². The van der Waals surface area contributed by atoms with Gasteiger partial charge in [-0.1, -0.05) is 49.4 Å². The predicted molar refractivity (Wildman–Crippen MR) is 204 cm³/mol. The topological polar surface area (TPSA) is 113 Å². The molecule has 0 aromatic heterocycles. The Hall–Kier alpha value is -6.40. The van der Waals surface area contributed by atoms with Gasteiger partial charge in [-0.15, -0.1) is 0 Å². The number of aryl methyl sites for hydroxylation is 2. The molecule has 2 amide bonds. The smallest absolute Gasteiger partial charge is 0.416 e. The van der Waals surface area contributed by atoms with E-state index in [1.165, 1.54) is 12.2 Å². The highest BCUT2D eigenvalue weighted by Gasteiger charge is 2.39. The number of carbonyl (C=O) groups excluding carboxylic acids is 3. The molecule has 0 aliphatic heterocycles. The van der Waals surface area contributed by atoms with E-state index < -0.39 is 88.0 Å². The highest BCUT2D eigenvalue weighted by atomic mass is 19.4. The summed E-state index contributed by atoms with van der Waals surface area (Å²) in [5.41, 5.74) is -3.16. The first-order valence-electron chi connectivity index (χ1n) is 18.8. The number of fused-ring (bicyclic) bond motifs is 2. The van der Waals surface area contributed by atoms with Crippen molar-refractivity contribution in [3.63, 3.8) is 0 Å². The largest absolute Gasteiger partial charge is 0.478 e. The number of carboxylic acid groups (broad SMARTS) is 1. The first kappa shape index (κ1) is 47.6. The minimum Gasteiger partial charge on any atom is -0.478 e. The van der Waals surface area contributed by atoms with E-state index in [-0.39, 0.29) is 17.9 Å². The summed E-state index contributed by atoms with van der Waals surface area (Å²) in [5, 5.41) is 13.7. The van der Waals surface area contributed by atoms with Gasteiger partial charge in [-0.05, 0) is 108 Å². The Morgan fingerprint density at radius 1 is 0.556 bits per heavy atom. The Morgan fingerprint density at radius 3 is 1.22 bits per heavy atom. The number of hydrogen-bond acceptors (Lipinski definition) is 4. The lowest BCUT2D eigenvalue weighted by Gasteiger charge is -2.17. The summed E-state index contributed by atoms with van der Waals surface area (Å²) >= 11 is 0. The number of hydrogen-bond donors (Lipinski definition) is 3. The monoisotopic (exact) mass is 898 g/mol. The first-order chi connectivity index (χ1) is 29.2. The molecule has 0 fully saturated rings. The second-order valence-corrected chi connectivity index (χ2v) is 14.5. The molecule has 334 valence electrons. The van der Waals surface area contributed by atoms with Crippen molar-refractivity contribution in [1.29, 1.82) is 0 Å². The maximum absolute atomic E-state index is 13.0. The zero-order chi connectivity index (χ0) is 46.7. The van der Waals surface area contributed by atoms with E-state index in [0.29, 0.717) is 67.5 Å². The average Bonchev–Trinajstić information content (AvgIpc) is 3.80. The molecule has 0 bridgehead atoms. The fourth-order valence-electron chi connectivity index (χ4n) is 6.91. The molecule has 0 saturated carbocycles. The van der Waals surface area contributed by atoms with Crippen LogP contribution in [0.5, 0.6) is 0 Å². The third-order valence-corrected chi connectivity index (χ3v) is 10.0. The van der Waals surface area contributed by atoms with Gasteiger partial charge >= 0.3 is 30.7 Å². The number of amides is 2. The van der Waals surface area contributed by atoms with Gasteiger partial charge in [0.25, 0.3) is 11.8 Å². The Labute approximate surface area is 350 Å². The predicted octanol–water partition coefficient (Wildman–Crippen LogP) is 11.4. The van der Waals surface area contributed by atoms with Gasteiger partial charge in [0.15, 0.2) is 5.78 Å². The normalized spacial score (nSPS) is 16.3. The number of rotatable bonds is 9. The summed E-state index contributed by atoms with van der Waals surface area (Å²) in [4.78, 5) is 47.1. The summed E-state index contributed by atoms with van der Waals surface area (Å²) in [6.45, 7) is 1.74. The molecule has 0 radical (unpaired) electrons. The van der Waals surface area contributed by atoms with E-state index in [4.69, 9.17) is 5.11 Å². The second kappa shape index (κ2) is 18.5. The van der Waals surface area contributed by atoms with Crippen LogP contribution in [0.15, 0.2) is 84.9 Å². The van der Waals surface area contributed by atoms with Crippen LogP contribution in [0.4, 0.5) is 52.7 Å². The Bertz CT molecular complexity index is 2400. The number of carbonyl (C=O) groups is 4. The van der Waals surface area contributed by atoms with Crippen LogP contribution in [0.1, 0.15) is 115 Å². The third kappa shape index (κ3) is 12.4. The number of halogens is 12. The Kier molecular flexibility index (Phi) is 14.0. The molecule has 4 aromatic rings. The number of aliphatic carboxylic acids is 1. The van der Waals surface area contributed by atoms with Gasteiger partial charge in [0.2, 0.25) is 0 Å². The number of alkyl halides is 12. The van der Waals surface area contributed by atoms with E-state index in [9.17, 15) is 71.9 Å². The third-order valence-electron chi connectivity index (χ3n) is 10.0. The van der Waals surface area contributed by atoms with Crippen LogP contribution in [0.2, 0.25) is 0 Å². The summed E-state index contributed by atoms with van der Waals surface area (Å²) in [6, 6.07) is 10.7. The highest BCUT2D eigenvalue weighted by Crippen LogP contribution is 2.39. The molecule has 19 heteroatoms. The molecular formula is C44H34F12N2O5. The van der Waals surface area contributed by atoms with E-state index in [0.717, 1.165) is 28.3 Å². The Morgan fingerprint density at radius 2 is 0.905 bits per heavy atom. The van der Waals surface area contributed by atoms with Gasteiger partial charge in [-0.3, -0.25) is 14.4 Å². The first-order valence-corrected chi connectivity index (χ1v) is 18.8. The van der Waals surface area contributed by atoms with Crippen molar-refractivity contribution in [2.45, 2.75) is 75.8 Å². The zero-order valence-corrected chi connectivity index (χ0v) is 32.5. The molecular weight excluding hydrogens is 864 g/mol. The number of benzene rings is 4. The van der Waals surface area contributed by atoms with Gasteiger partial charge in [0.1, 0.15) is 0 Å². The van der Waals surface area contributed by atoms with Crippen molar-refractivity contribution in [2.24, 2.45) is 0 Å². The lowest BCUT2D eigenvalue weighted by molar-refractivity contribution is -0.144. The molecule has 0 heterocycles. The molecule has 0 spiro atoms. The molecule has 7 nitrogen and oxygen atoms in total. The van der Waals surface area contributed by atoms with Gasteiger partial charge in [0, 0.05) is 23.6 Å². The maximum Gasteiger partial charge on any atom is 0.416 e. The fourth-order valence-corrected chi connectivity index (χ4v) is 6.91. The highest BCUT2D eigenvalue weighted by molar-refractivity contribution is 5.96. The van der Waals surface area contributed by atoms with Crippen molar-refractivity contribution < 1.29 is 77.0 Å². The van der Waals surface area contributed by atoms with Crippen molar-refractivity contribution in [3.05, 3.63) is 152 Å². The van der Waals surface area contributed by atoms with E-state index in [2.05, 4.69) is 10.6 Å². The number of nitrogens with one attached hydrogen (secondary N) is 2. The molecule has 2 unspecified atom stereocenters. The molecule has 63 heavy (non-hydrogen) atoms. The number of ketones is 1. The zero-order valence-electron chi connectivity index (χ0n) is 32.5. The molecule has 6 rings (SSSR count). The number of carboxylic acids is 1. The van der Waals surface area contributed by atoms with Crippen LogP contribution in [0.3, 0.4) is 0 Å². The van der Waals surface area contributed by atoms with Gasteiger partial charge < -0.3 is 15.7 Å². The standard InChI is InChI=1S/C23H19F6NO2.C21H15F6NO3/c1-2-18(31)6-3-13-4-7-19-14(9-13)5-8-20(19)30-21(32)15-10-16(22(24,25)26)12-17(11-15)23(27,28)29;22-20(23,24)14-8-13(9-15(10-14)21(25,26)27)19(31)28-17-5-3-12-7-11(1-4-16(12)17)2-6-18(29)30/h3-4,6-7,9-12,20H,2,5,8H2,1H3,(H,30,32);1-2,4,6-10,17H,3,5H2,(H,28,31)(H,29,30)/b6-3+;6-2+. The van der Waals surface area contributed by atoms with E-state index >= 15 is 0 Å². The lowest BCUT2D eigenvalue weighted by Crippen LogP contribution is -2.28. The summed E-state index contributed by atoms with van der Waals surface area (Å²) in [5.74, 6) is -3.22. The fraction of sp³-hybridized carbons (Fsp3) is 0.273. The molecule has 2 aliphatic carbocycles. The Balaban J connectivity index is 0.000000238. The van der Waals surface area contributed by atoms with Gasteiger partial charge in [-0.25, -0.2) is 4.79 Å². The van der Waals surface area contributed by atoms with Gasteiger partial charge in [0.05, 0.1) is 34.3 Å². The molecule has 4 aromatic carbocycles. The molecule has 3 N–H and O–H groups in total. The molecule has 2 aliphatic rings. The average molecular weight is 899 g/mol. The summed E-state index contributed by atoms with van der Waals surface area (Å²) in [6.07, 6.45) is -12.4. The van der Waals surface area contributed by atoms with Crippen LogP contribution in [-0.4, -0.2) is 28.7 Å². The lowest BCUT2D eigenvalue weighted by atomic mass is 10.0. The maximum atomic E-state index is 13.0. The summed E-state index contributed by atoms with van der Waals surface area (Å²) < 4.78 is 156. The van der Waals surface area contributed by atoms with Crippen LogP contribution in [-0.2, 0) is 47.1 Å². The SMILES string of the molecule is CCC(=O)/C=C/c1ccc2c(c1)CCC2NC(=O)c1cc(C(F)(F)F)cc(C(F)(F)F)c1.O=C(O)/C=C/c1ccc2c(c1)CCC2NC(=O)c1cc(C(F)(F)F)cc(C(F)(F)F)c1.